The summed E-state index contributed by atoms with van der Waals surface area (Å²) < 4.78 is 32.9. The summed E-state index contributed by atoms with van der Waals surface area (Å²) in [5, 5.41) is 0. The third-order valence-corrected chi connectivity index (χ3v) is 7.99. The first kappa shape index (κ1) is 20.0. The molecule has 1 aliphatic rings. The van der Waals surface area contributed by atoms with Crippen molar-refractivity contribution in [3.05, 3.63) is 28.2 Å². The second-order valence-electron chi connectivity index (χ2n) is 5.80. The molecule has 0 aliphatic carbocycles. The first-order valence-electron chi connectivity index (χ1n) is 8.08. The van der Waals surface area contributed by atoms with E-state index in [1.165, 1.54) is 17.6 Å². The lowest BCUT2D eigenvalue weighted by atomic mass is 9.99. The summed E-state index contributed by atoms with van der Waals surface area (Å²) in [7, 11) is -2.12. The molecule has 12 heteroatoms. The fourth-order valence-electron chi connectivity index (χ4n) is 2.67. The first-order chi connectivity index (χ1) is 12.9. The van der Waals surface area contributed by atoms with E-state index in [-0.39, 0.29) is 22.6 Å². The van der Waals surface area contributed by atoms with Crippen molar-refractivity contribution < 1.29 is 17.9 Å². The Kier molecular flexibility index (Phi) is 6.29. The van der Waals surface area contributed by atoms with E-state index in [9.17, 15) is 13.2 Å². The maximum Gasteiger partial charge on any atom is 0.252 e. The van der Waals surface area contributed by atoms with Crippen molar-refractivity contribution in [2.45, 2.75) is 17.1 Å². The number of aromatic nitrogens is 2. The van der Waals surface area contributed by atoms with Crippen LogP contribution in [0.1, 0.15) is 12.8 Å². The minimum Gasteiger partial charge on any atom is -0.481 e. The van der Waals surface area contributed by atoms with Gasteiger partial charge in [0.15, 0.2) is 0 Å². The molecule has 1 atom stereocenters. The number of anilines is 1. The van der Waals surface area contributed by atoms with Gasteiger partial charge < -0.3 is 4.74 Å². The lowest BCUT2D eigenvalue weighted by molar-refractivity contribution is -0.125. The minimum atomic E-state index is -3.60. The van der Waals surface area contributed by atoms with Crippen molar-refractivity contribution in [3.8, 4) is 5.88 Å². The van der Waals surface area contributed by atoms with E-state index in [0.717, 1.165) is 15.1 Å². The maximum absolute atomic E-state index is 12.8. The maximum atomic E-state index is 12.8. The highest BCUT2D eigenvalue weighted by Gasteiger charge is 2.34. The molecule has 146 valence electrons. The molecule has 0 radical (unpaired) electrons. The van der Waals surface area contributed by atoms with Crippen molar-refractivity contribution in [2.24, 2.45) is 5.92 Å². The molecule has 1 unspecified atom stereocenters. The number of hydrogen-bond acceptors (Lipinski definition) is 8. The molecule has 1 fully saturated rings. The average Bonchev–Trinajstić information content (AvgIpc) is 3.13. The Morgan fingerprint density at radius 3 is 2.93 bits per heavy atom. The summed E-state index contributed by atoms with van der Waals surface area (Å²) in [4.78, 5) is 20.5. The zero-order valence-electron chi connectivity index (χ0n) is 14.4. The second-order valence-corrected chi connectivity index (χ2v) is 10.4. The molecule has 1 saturated heterocycles. The van der Waals surface area contributed by atoms with E-state index < -0.39 is 15.9 Å². The fraction of sp³-hybridized carbons (Fsp3) is 0.400. The Morgan fingerprint density at radius 2 is 2.22 bits per heavy atom. The normalized spacial score (nSPS) is 18.1. The van der Waals surface area contributed by atoms with Crippen LogP contribution >= 0.6 is 27.3 Å². The predicted molar refractivity (Wildman–Crippen MR) is 104 cm³/mol. The van der Waals surface area contributed by atoms with Crippen molar-refractivity contribution in [1.29, 1.82) is 0 Å². The van der Waals surface area contributed by atoms with Crippen molar-refractivity contribution in [1.82, 2.24) is 19.7 Å². The molecule has 0 bridgehead atoms. The number of hydrazine groups is 1. The lowest BCUT2D eigenvalue weighted by Gasteiger charge is -2.30. The Hall–Kier alpha value is -1.76. The first-order valence-corrected chi connectivity index (χ1v) is 11.1. The average molecular weight is 476 g/mol. The topological polar surface area (TPSA) is 114 Å². The molecule has 0 aromatic carbocycles. The van der Waals surface area contributed by atoms with Crippen LogP contribution in [0.2, 0.25) is 0 Å². The smallest absolute Gasteiger partial charge is 0.252 e. The van der Waals surface area contributed by atoms with Gasteiger partial charge in [0.2, 0.25) is 17.7 Å². The Labute approximate surface area is 169 Å². The standard InChI is InChI=1S/C15H18BrN5O4S2/c1-25-12-6-7-17-15(18-12)20-19-14(22)10-3-2-8-21(9-10)27(23,24)13-5-4-11(16)26-13/h4-7,10H,2-3,8-9H2,1H3,(H,19,22)(H,17,18,20). The van der Waals surface area contributed by atoms with Crippen molar-refractivity contribution in [2.75, 3.05) is 25.6 Å². The number of hydrogen-bond donors (Lipinski definition) is 2. The van der Waals surface area contributed by atoms with Gasteiger partial charge in [-0.25, -0.2) is 13.4 Å². The van der Waals surface area contributed by atoms with E-state index in [2.05, 4.69) is 36.7 Å². The lowest BCUT2D eigenvalue weighted by Crippen LogP contribution is -2.46. The van der Waals surface area contributed by atoms with Crippen molar-refractivity contribution in [3.63, 3.8) is 0 Å². The van der Waals surface area contributed by atoms with Crippen molar-refractivity contribution >= 4 is 49.1 Å². The molecule has 2 aromatic heterocycles. The summed E-state index contributed by atoms with van der Waals surface area (Å²) in [6.45, 7) is 0.526. The van der Waals surface area contributed by atoms with E-state index in [4.69, 9.17) is 4.74 Å². The molecule has 2 aromatic rings. The molecule has 2 N–H and O–H groups in total. The Balaban J connectivity index is 1.62. The number of halogens is 1. The van der Waals surface area contributed by atoms with Crippen LogP contribution in [0.5, 0.6) is 5.88 Å². The Morgan fingerprint density at radius 1 is 1.41 bits per heavy atom. The molecule has 0 saturated carbocycles. The van der Waals surface area contributed by atoms with E-state index in [0.29, 0.717) is 25.3 Å². The van der Waals surface area contributed by atoms with Crippen LogP contribution in [0.3, 0.4) is 0 Å². The van der Waals surface area contributed by atoms with Gasteiger partial charge in [0.1, 0.15) is 4.21 Å². The van der Waals surface area contributed by atoms with Gasteiger partial charge in [0.25, 0.3) is 10.0 Å². The van der Waals surface area contributed by atoms with Gasteiger partial charge in [-0.05, 0) is 40.9 Å². The van der Waals surface area contributed by atoms with E-state index >= 15 is 0 Å². The molecule has 3 heterocycles. The molecule has 0 spiro atoms. The summed E-state index contributed by atoms with van der Waals surface area (Å²) in [6.07, 6.45) is 2.71. The molecule has 9 nitrogen and oxygen atoms in total. The summed E-state index contributed by atoms with van der Waals surface area (Å²) >= 11 is 4.43. The van der Waals surface area contributed by atoms with Gasteiger partial charge in [-0.2, -0.15) is 9.29 Å². The molecule has 3 rings (SSSR count). The van der Waals surface area contributed by atoms with E-state index in [1.54, 1.807) is 18.2 Å². The number of sulfonamides is 1. The number of carbonyl (C=O) groups is 1. The van der Waals surface area contributed by atoms with Gasteiger partial charge in [0, 0.05) is 25.4 Å². The van der Waals surface area contributed by atoms with Crippen LogP contribution < -0.4 is 15.6 Å². The van der Waals surface area contributed by atoms with Gasteiger partial charge in [0.05, 0.1) is 16.8 Å². The number of carbonyl (C=O) groups excluding carboxylic acids is 1. The third kappa shape index (κ3) is 4.75. The highest BCUT2D eigenvalue weighted by molar-refractivity contribution is 9.11. The summed E-state index contributed by atoms with van der Waals surface area (Å²) in [5.41, 5.74) is 5.17. The second kappa shape index (κ2) is 8.50. The highest BCUT2D eigenvalue weighted by Crippen LogP contribution is 2.30. The quantitative estimate of drug-likeness (QED) is 0.612. The number of thiophene rings is 1. The van der Waals surface area contributed by atoms with Crippen LogP contribution in [0, 0.1) is 5.92 Å². The number of ether oxygens (including phenoxy) is 1. The van der Waals surface area contributed by atoms with Crippen LogP contribution in [0.4, 0.5) is 5.95 Å². The van der Waals surface area contributed by atoms with Gasteiger partial charge in [-0.3, -0.25) is 15.6 Å². The van der Waals surface area contributed by atoms with Crippen LogP contribution in [0.25, 0.3) is 0 Å². The van der Waals surface area contributed by atoms with E-state index in [1.807, 2.05) is 0 Å². The van der Waals surface area contributed by atoms with Crippen LogP contribution in [-0.4, -0.2) is 48.8 Å². The number of amides is 1. The molecular weight excluding hydrogens is 458 g/mol. The van der Waals surface area contributed by atoms with Gasteiger partial charge in [-0.1, -0.05) is 0 Å². The minimum absolute atomic E-state index is 0.129. The molecular formula is C15H18BrN5O4S2. The third-order valence-electron chi connectivity index (χ3n) is 4.03. The summed E-state index contributed by atoms with van der Waals surface area (Å²) in [5.74, 6) is -0.228. The number of rotatable bonds is 6. The SMILES string of the molecule is COc1ccnc(NNC(=O)C2CCCN(S(=O)(=O)c3ccc(Br)s3)C2)n1. The predicted octanol–water partition coefficient (Wildman–Crippen LogP) is 1.85. The van der Waals surface area contributed by atoms with Crippen LogP contribution in [0.15, 0.2) is 32.4 Å². The zero-order valence-corrected chi connectivity index (χ0v) is 17.6. The number of nitrogens with zero attached hydrogens (tertiary/aromatic N) is 3. The zero-order chi connectivity index (χ0) is 19.4. The fourth-order valence-corrected chi connectivity index (χ4v) is 6.36. The van der Waals surface area contributed by atoms with Gasteiger partial charge >= 0.3 is 0 Å². The van der Waals surface area contributed by atoms with Gasteiger partial charge in [-0.15, -0.1) is 11.3 Å². The largest absolute Gasteiger partial charge is 0.481 e. The molecule has 1 amide bonds. The number of piperidine rings is 1. The number of nitrogens with one attached hydrogen (secondary N) is 2. The Bertz CT molecular complexity index is 920. The molecule has 1 aliphatic heterocycles. The summed E-state index contributed by atoms with van der Waals surface area (Å²) in [6, 6.07) is 4.85. The monoisotopic (exact) mass is 475 g/mol. The number of methoxy groups -OCH3 is 1. The van der Waals surface area contributed by atoms with Crippen LogP contribution in [-0.2, 0) is 14.8 Å². The molecule has 27 heavy (non-hydrogen) atoms. The highest BCUT2D eigenvalue weighted by atomic mass is 79.9.